The number of hydrogen-bond acceptors (Lipinski definition) is 4. The molecule has 1 amide bonds. The van der Waals surface area contributed by atoms with Crippen molar-refractivity contribution in [1.82, 2.24) is 10.4 Å². The molecular formula is C11H15FN2O3S. The number of nitrogens with zero attached hydrogens (tertiary/aromatic N) is 1. The molecule has 0 aliphatic rings. The zero-order chi connectivity index (χ0) is 13.8. The predicted octanol–water partition coefficient (Wildman–Crippen LogP) is 0.582. The van der Waals surface area contributed by atoms with Crippen LogP contribution in [0.3, 0.4) is 0 Å². The van der Waals surface area contributed by atoms with Gasteiger partial charge in [0, 0.05) is 20.5 Å². The second-order valence-corrected chi connectivity index (χ2v) is 6.06. The summed E-state index contributed by atoms with van der Waals surface area (Å²) in [4.78, 5) is 11.3. The van der Waals surface area contributed by atoms with Crippen LogP contribution in [-0.4, -0.2) is 39.2 Å². The van der Waals surface area contributed by atoms with Crippen LogP contribution in [-0.2, 0) is 14.6 Å². The van der Waals surface area contributed by atoms with E-state index >= 15 is 0 Å². The van der Waals surface area contributed by atoms with Gasteiger partial charge in [0.25, 0.3) is 0 Å². The Morgan fingerprint density at radius 1 is 1.28 bits per heavy atom. The summed E-state index contributed by atoms with van der Waals surface area (Å²) in [6, 6.07) is 4.53. The molecule has 18 heavy (non-hydrogen) atoms. The lowest BCUT2D eigenvalue weighted by molar-refractivity contribution is -0.124. The third-order valence-corrected chi connectivity index (χ3v) is 3.85. The molecule has 100 valence electrons. The molecule has 0 radical (unpaired) electrons. The van der Waals surface area contributed by atoms with Gasteiger partial charge in [-0.15, -0.1) is 0 Å². The number of benzene rings is 1. The maximum Gasteiger partial charge on any atom is 0.235 e. The van der Waals surface area contributed by atoms with E-state index in [1.807, 2.05) is 0 Å². The van der Waals surface area contributed by atoms with Crippen molar-refractivity contribution in [2.75, 3.05) is 19.8 Å². The average molecular weight is 274 g/mol. The molecule has 0 aliphatic carbocycles. The summed E-state index contributed by atoms with van der Waals surface area (Å²) in [5, 5.41) is 1.44. The highest BCUT2D eigenvalue weighted by atomic mass is 32.2. The van der Waals surface area contributed by atoms with E-state index in [4.69, 9.17) is 0 Å². The summed E-state index contributed by atoms with van der Waals surface area (Å²) in [6.07, 6.45) is -0.141. The molecule has 1 N–H and O–H groups in total. The van der Waals surface area contributed by atoms with E-state index < -0.39 is 15.7 Å². The number of nitrogens with one attached hydrogen (secondary N) is 1. The highest BCUT2D eigenvalue weighted by Gasteiger charge is 2.16. The van der Waals surface area contributed by atoms with Gasteiger partial charge < -0.3 is 0 Å². The van der Waals surface area contributed by atoms with Crippen LogP contribution in [0, 0.1) is 5.82 Å². The molecule has 0 bridgehead atoms. The van der Waals surface area contributed by atoms with E-state index in [1.165, 1.54) is 17.1 Å². The number of carbonyl (C=O) groups is 1. The van der Waals surface area contributed by atoms with Crippen molar-refractivity contribution in [1.29, 1.82) is 0 Å². The monoisotopic (exact) mass is 274 g/mol. The topological polar surface area (TPSA) is 66.5 Å². The molecule has 0 unspecified atom stereocenters. The van der Waals surface area contributed by atoms with Crippen molar-refractivity contribution < 1.29 is 17.6 Å². The third kappa shape index (κ3) is 4.42. The second kappa shape index (κ2) is 5.92. The molecule has 0 saturated heterocycles. The first-order valence-electron chi connectivity index (χ1n) is 5.26. The summed E-state index contributed by atoms with van der Waals surface area (Å²) < 4.78 is 36.3. The zero-order valence-corrected chi connectivity index (χ0v) is 11.0. The largest absolute Gasteiger partial charge is 0.289 e. The minimum absolute atomic E-state index is 0.0153. The van der Waals surface area contributed by atoms with Gasteiger partial charge in [0.05, 0.1) is 10.6 Å². The molecule has 1 rings (SSSR count). The van der Waals surface area contributed by atoms with Crippen LogP contribution in [0.2, 0.25) is 0 Å². The maximum absolute atomic E-state index is 12.7. The van der Waals surface area contributed by atoms with Crippen molar-refractivity contribution in [3.63, 3.8) is 0 Å². The highest BCUT2D eigenvalue weighted by molar-refractivity contribution is 7.91. The predicted molar refractivity (Wildman–Crippen MR) is 64.9 cm³/mol. The van der Waals surface area contributed by atoms with E-state index in [1.54, 1.807) is 14.1 Å². The number of rotatable bonds is 5. The van der Waals surface area contributed by atoms with Gasteiger partial charge in [0.1, 0.15) is 5.82 Å². The normalized spacial score (nSPS) is 11.6. The SMILES string of the molecule is CN(C)NC(=O)CCS(=O)(=O)c1ccc(F)cc1. The fourth-order valence-electron chi connectivity index (χ4n) is 1.29. The minimum Gasteiger partial charge on any atom is -0.289 e. The van der Waals surface area contributed by atoms with Gasteiger partial charge in [-0.1, -0.05) is 0 Å². The summed E-state index contributed by atoms with van der Waals surface area (Å²) in [5.41, 5.74) is 2.45. The van der Waals surface area contributed by atoms with E-state index in [0.717, 1.165) is 12.1 Å². The average Bonchev–Trinajstić information content (AvgIpc) is 2.26. The number of hydrazine groups is 1. The fraction of sp³-hybridized carbons (Fsp3) is 0.364. The van der Waals surface area contributed by atoms with Gasteiger partial charge in [-0.2, -0.15) is 0 Å². The Kier molecular flexibility index (Phi) is 4.80. The molecule has 0 fully saturated rings. The smallest absolute Gasteiger partial charge is 0.235 e. The second-order valence-electron chi connectivity index (χ2n) is 3.95. The van der Waals surface area contributed by atoms with Crippen molar-refractivity contribution >= 4 is 15.7 Å². The van der Waals surface area contributed by atoms with Gasteiger partial charge in [-0.3, -0.25) is 10.2 Å². The molecule has 0 spiro atoms. The fourth-order valence-corrected chi connectivity index (χ4v) is 2.53. The number of carbonyl (C=O) groups excluding carboxylic acids is 1. The Balaban J connectivity index is 2.66. The standard InChI is InChI=1S/C11H15FN2O3S/c1-14(2)13-11(15)7-8-18(16,17)10-5-3-9(12)4-6-10/h3-6H,7-8H2,1-2H3,(H,13,15). The van der Waals surface area contributed by atoms with Crippen LogP contribution in [0.5, 0.6) is 0 Å². The van der Waals surface area contributed by atoms with Gasteiger partial charge >= 0.3 is 0 Å². The first-order valence-corrected chi connectivity index (χ1v) is 6.91. The summed E-state index contributed by atoms with van der Waals surface area (Å²) in [6.45, 7) is 0. The molecule has 5 nitrogen and oxygen atoms in total. The van der Waals surface area contributed by atoms with Crippen molar-refractivity contribution in [2.45, 2.75) is 11.3 Å². The van der Waals surface area contributed by atoms with Gasteiger partial charge in [-0.25, -0.2) is 17.8 Å². The molecule has 0 saturated carbocycles. The molecule has 7 heteroatoms. The lowest BCUT2D eigenvalue weighted by Gasteiger charge is -2.11. The van der Waals surface area contributed by atoms with Gasteiger partial charge in [0.15, 0.2) is 9.84 Å². The van der Waals surface area contributed by atoms with Crippen LogP contribution in [0.15, 0.2) is 29.2 Å². The Bertz CT molecular complexity index is 512. The van der Waals surface area contributed by atoms with Crippen molar-refractivity contribution in [3.05, 3.63) is 30.1 Å². The Morgan fingerprint density at radius 2 is 1.83 bits per heavy atom. The van der Waals surface area contributed by atoms with Gasteiger partial charge in [-0.05, 0) is 24.3 Å². The maximum atomic E-state index is 12.7. The third-order valence-electron chi connectivity index (χ3n) is 2.12. The van der Waals surface area contributed by atoms with Crippen LogP contribution in [0.4, 0.5) is 4.39 Å². The van der Waals surface area contributed by atoms with Crippen molar-refractivity contribution in [3.8, 4) is 0 Å². The number of amides is 1. The first-order chi connectivity index (χ1) is 8.31. The molecule has 0 aromatic heterocycles. The lowest BCUT2D eigenvalue weighted by Crippen LogP contribution is -2.36. The molecular weight excluding hydrogens is 259 g/mol. The first kappa shape index (κ1) is 14.6. The number of halogens is 1. The summed E-state index contributed by atoms with van der Waals surface area (Å²) >= 11 is 0. The number of sulfone groups is 1. The molecule has 0 atom stereocenters. The Hall–Kier alpha value is -1.47. The zero-order valence-electron chi connectivity index (χ0n) is 10.2. The van der Waals surface area contributed by atoms with E-state index in [2.05, 4.69) is 5.43 Å². The van der Waals surface area contributed by atoms with E-state index in [0.29, 0.717) is 0 Å². The van der Waals surface area contributed by atoms with E-state index in [9.17, 15) is 17.6 Å². The summed E-state index contributed by atoms with van der Waals surface area (Å²) in [7, 11) is -0.291. The van der Waals surface area contributed by atoms with Crippen LogP contribution in [0.25, 0.3) is 0 Å². The quantitative estimate of drug-likeness (QED) is 0.630. The van der Waals surface area contributed by atoms with Crippen LogP contribution < -0.4 is 5.43 Å². The lowest BCUT2D eigenvalue weighted by atomic mass is 10.4. The van der Waals surface area contributed by atoms with Crippen LogP contribution in [0.1, 0.15) is 6.42 Å². The Labute approximate surface area is 105 Å². The minimum atomic E-state index is -3.55. The molecule has 0 aliphatic heterocycles. The molecule has 0 heterocycles. The van der Waals surface area contributed by atoms with E-state index in [-0.39, 0.29) is 23.0 Å². The molecule has 1 aromatic rings. The van der Waals surface area contributed by atoms with Crippen LogP contribution >= 0.6 is 0 Å². The van der Waals surface area contributed by atoms with Crippen molar-refractivity contribution in [2.24, 2.45) is 0 Å². The Morgan fingerprint density at radius 3 is 2.33 bits per heavy atom. The molecule has 1 aromatic carbocycles. The van der Waals surface area contributed by atoms with Gasteiger partial charge in [0.2, 0.25) is 5.91 Å². The highest BCUT2D eigenvalue weighted by Crippen LogP contribution is 2.12. The summed E-state index contributed by atoms with van der Waals surface area (Å²) in [5.74, 6) is -1.19. The number of hydrogen-bond donors (Lipinski definition) is 1.